The number of rotatable bonds is 3. The molecule has 0 aliphatic heterocycles. The van der Waals surface area contributed by atoms with E-state index in [9.17, 15) is 0 Å². The second kappa shape index (κ2) is 4.17. The Morgan fingerprint density at radius 2 is 2.00 bits per heavy atom. The van der Waals surface area contributed by atoms with Crippen molar-refractivity contribution >= 4 is 11.4 Å². The second-order valence-corrected chi connectivity index (χ2v) is 3.58. The molecule has 0 aliphatic carbocycles. The zero-order valence-corrected chi connectivity index (χ0v) is 8.38. The van der Waals surface area contributed by atoms with Crippen LogP contribution in [0.15, 0.2) is 18.2 Å². The van der Waals surface area contributed by atoms with Gasteiger partial charge in [-0.3, -0.25) is 0 Å². The molecule has 1 aromatic carbocycles. The highest BCUT2D eigenvalue weighted by Crippen LogP contribution is 2.27. The van der Waals surface area contributed by atoms with Gasteiger partial charge in [0.2, 0.25) is 0 Å². The molecule has 13 heavy (non-hydrogen) atoms. The van der Waals surface area contributed by atoms with E-state index in [0.717, 1.165) is 17.8 Å². The molecule has 1 unspecified atom stereocenters. The first kappa shape index (κ1) is 9.90. The molecule has 0 fully saturated rings. The molecule has 0 aliphatic rings. The molecule has 0 saturated carbocycles. The van der Waals surface area contributed by atoms with Crippen LogP contribution in [0.4, 0.5) is 11.4 Å². The molecule has 2 nitrogen and oxygen atoms in total. The van der Waals surface area contributed by atoms with Crippen LogP contribution in [0.5, 0.6) is 0 Å². The molecular formula is C11H18N2. The minimum Gasteiger partial charge on any atom is -0.399 e. The summed E-state index contributed by atoms with van der Waals surface area (Å²) in [5.74, 6) is 0.508. The number of anilines is 2. The minimum absolute atomic E-state index is 0.508. The van der Waals surface area contributed by atoms with E-state index in [4.69, 9.17) is 11.5 Å². The van der Waals surface area contributed by atoms with Gasteiger partial charge in [-0.05, 0) is 36.1 Å². The lowest BCUT2D eigenvalue weighted by Gasteiger charge is -2.13. The normalized spacial score (nSPS) is 12.8. The van der Waals surface area contributed by atoms with Gasteiger partial charge in [0.1, 0.15) is 0 Å². The third-order valence-corrected chi connectivity index (χ3v) is 2.36. The highest BCUT2D eigenvalue weighted by atomic mass is 14.6. The summed E-state index contributed by atoms with van der Waals surface area (Å²) in [5.41, 5.74) is 14.4. The topological polar surface area (TPSA) is 52.0 Å². The smallest absolute Gasteiger partial charge is 0.0350 e. The average Bonchev–Trinajstić information content (AvgIpc) is 2.09. The maximum atomic E-state index is 5.87. The fraction of sp³-hybridized carbons (Fsp3) is 0.455. The van der Waals surface area contributed by atoms with Crippen LogP contribution < -0.4 is 11.5 Å². The second-order valence-electron chi connectivity index (χ2n) is 3.58. The standard InChI is InChI=1S/C11H18N2/c1-3-4-8(2)10-7-9(12)5-6-11(10)13/h5-8H,3-4,12-13H2,1-2H3. The van der Waals surface area contributed by atoms with Gasteiger partial charge in [-0.15, -0.1) is 0 Å². The van der Waals surface area contributed by atoms with E-state index in [1.54, 1.807) is 0 Å². The molecule has 0 radical (unpaired) electrons. The SMILES string of the molecule is CCCC(C)c1cc(N)ccc1N. The lowest BCUT2D eigenvalue weighted by molar-refractivity contribution is 0.667. The summed E-state index contributed by atoms with van der Waals surface area (Å²) in [5, 5.41) is 0. The highest BCUT2D eigenvalue weighted by molar-refractivity contribution is 5.56. The molecule has 1 rings (SSSR count). The molecule has 1 atom stereocenters. The summed E-state index contributed by atoms with van der Waals surface area (Å²) < 4.78 is 0. The van der Waals surface area contributed by atoms with Gasteiger partial charge in [0.25, 0.3) is 0 Å². The minimum atomic E-state index is 0.508. The number of hydrogen-bond acceptors (Lipinski definition) is 2. The summed E-state index contributed by atoms with van der Waals surface area (Å²) in [4.78, 5) is 0. The Morgan fingerprint density at radius 3 is 2.62 bits per heavy atom. The van der Waals surface area contributed by atoms with Crippen molar-refractivity contribution in [1.82, 2.24) is 0 Å². The van der Waals surface area contributed by atoms with Gasteiger partial charge in [-0.2, -0.15) is 0 Å². The first-order chi connectivity index (χ1) is 6.15. The quantitative estimate of drug-likeness (QED) is 0.699. The van der Waals surface area contributed by atoms with Gasteiger partial charge in [0, 0.05) is 11.4 Å². The lowest BCUT2D eigenvalue weighted by atomic mass is 9.95. The number of benzene rings is 1. The number of nitrogens with two attached hydrogens (primary N) is 2. The Morgan fingerprint density at radius 1 is 1.31 bits per heavy atom. The molecule has 2 heteroatoms. The number of hydrogen-bond donors (Lipinski definition) is 2. The maximum absolute atomic E-state index is 5.87. The van der Waals surface area contributed by atoms with Gasteiger partial charge in [0.15, 0.2) is 0 Å². The van der Waals surface area contributed by atoms with E-state index in [1.807, 2.05) is 18.2 Å². The van der Waals surface area contributed by atoms with Crippen LogP contribution in [-0.4, -0.2) is 0 Å². The van der Waals surface area contributed by atoms with Gasteiger partial charge < -0.3 is 11.5 Å². The van der Waals surface area contributed by atoms with Crippen LogP contribution in [-0.2, 0) is 0 Å². The molecule has 0 aromatic heterocycles. The Labute approximate surface area is 79.9 Å². The van der Waals surface area contributed by atoms with E-state index < -0.39 is 0 Å². The summed E-state index contributed by atoms with van der Waals surface area (Å²) in [6, 6.07) is 5.71. The summed E-state index contributed by atoms with van der Waals surface area (Å²) >= 11 is 0. The van der Waals surface area contributed by atoms with E-state index in [2.05, 4.69) is 13.8 Å². The van der Waals surface area contributed by atoms with Gasteiger partial charge in [-0.1, -0.05) is 20.3 Å². The summed E-state index contributed by atoms with van der Waals surface area (Å²) in [7, 11) is 0. The zero-order valence-electron chi connectivity index (χ0n) is 8.38. The fourth-order valence-corrected chi connectivity index (χ4v) is 1.61. The van der Waals surface area contributed by atoms with Crippen LogP contribution >= 0.6 is 0 Å². The lowest BCUT2D eigenvalue weighted by Crippen LogP contribution is -2.00. The van der Waals surface area contributed by atoms with Crippen LogP contribution in [0.3, 0.4) is 0 Å². The van der Waals surface area contributed by atoms with Crippen LogP contribution in [0.1, 0.15) is 38.2 Å². The third kappa shape index (κ3) is 2.38. The molecular weight excluding hydrogens is 160 g/mol. The van der Waals surface area contributed by atoms with E-state index in [1.165, 1.54) is 12.0 Å². The van der Waals surface area contributed by atoms with Crippen molar-refractivity contribution in [3.05, 3.63) is 23.8 Å². The molecule has 0 saturated heterocycles. The number of nitrogen functional groups attached to an aromatic ring is 2. The Balaban J connectivity index is 2.91. The van der Waals surface area contributed by atoms with Crippen LogP contribution in [0.2, 0.25) is 0 Å². The molecule has 0 spiro atoms. The molecule has 72 valence electrons. The fourth-order valence-electron chi connectivity index (χ4n) is 1.61. The highest BCUT2D eigenvalue weighted by Gasteiger charge is 2.07. The summed E-state index contributed by atoms with van der Waals surface area (Å²) in [6.07, 6.45) is 2.34. The molecule has 0 bridgehead atoms. The van der Waals surface area contributed by atoms with Crippen LogP contribution in [0, 0.1) is 0 Å². The Kier molecular flexibility index (Phi) is 3.18. The average molecular weight is 178 g/mol. The van der Waals surface area contributed by atoms with Crippen LogP contribution in [0.25, 0.3) is 0 Å². The largest absolute Gasteiger partial charge is 0.399 e. The van der Waals surface area contributed by atoms with Gasteiger partial charge >= 0.3 is 0 Å². The third-order valence-electron chi connectivity index (χ3n) is 2.36. The van der Waals surface area contributed by atoms with Crippen molar-refractivity contribution in [3.63, 3.8) is 0 Å². The van der Waals surface area contributed by atoms with Crippen molar-refractivity contribution in [2.24, 2.45) is 0 Å². The summed E-state index contributed by atoms with van der Waals surface area (Å²) in [6.45, 7) is 4.37. The van der Waals surface area contributed by atoms with E-state index >= 15 is 0 Å². The predicted octanol–water partition coefficient (Wildman–Crippen LogP) is 2.75. The van der Waals surface area contributed by atoms with Crippen molar-refractivity contribution in [3.8, 4) is 0 Å². The first-order valence-corrected chi connectivity index (χ1v) is 4.80. The Hall–Kier alpha value is -1.18. The predicted molar refractivity (Wildman–Crippen MR) is 58.6 cm³/mol. The monoisotopic (exact) mass is 178 g/mol. The van der Waals surface area contributed by atoms with E-state index in [0.29, 0.717) is 5.92 Å². The van der Waals surface area contributed by atoms with Crippen molar-refractivity contribution in [1.29, 1.82) is 0 Å². The van der Waals surface area contributed by atoms with E-state index in [-0.39, 0.29) is 0 Å². The zero-order chi connectivity index (χ0) is 9.84. The molecule has 4 N–H and O–H groups in total. The van der Waals surface area contributed by atoms with Crippen molar-refractivity contribution in [2.75, 3.05) is 11.5 Å². The molecule has 1 aromatic rings. The van der Waals surface area contributed by atoms with Gasteiger partial charge in [-0.25, -0.2) is 0 Å². The first-order valence-electron chi connectivity index (χ1n) is 4.80. The Bertz CT molecular complexity index is 281. The van der Waals surface area contributed by atoms with Gasteiger partial charge in [0.05, 0.1) is 0 Å². The maximum Gasteiger partial charge on any atom is 0.0350 e. The van der Waals surface area contributed by atoms with Crippen molar-refractivity contribution in [2.45, 2.75) is 32.6 Å². The molecule has 0 amide bonds. The molecule has 0 heterocycles. The van der Waals surface area contributed by atoms with Crippen molar-refractivity contribution < 1.29 is 0 Å².